The zero-order valence-corrected chi connectivity index (χ0v) is 21.3. The molecule has 4 aliphatic rings. The van der Waals surface area contributed by atoms with Crippen molar-refractivity contribution in [2.75, 3.05) is 23.7 Å². The summed E-state index contributed by atoms with van der Waals surface area (Å²) in [7, 11) is 0. The average Bonchev–Trinajstić information content (AvgIpc) is 3.44. The number of piperidine rings is 1. The Bertz CT molecular complexity index is 1510. The first-order valence-corrected chi connectivity index (χ1v) is 13.7. The quantitative estimate of drug-likeness (QED) is 0.492. The number of nitrogens with one attached hydrogen (secondary N) is 3. The number of carbonyl (C=O) groups is 2. The maximum atomic E-state index is 13.4. The number of carbonyl (C=O) groups excluding carboxylic acids is 2. The van der Waals surface area contributed by atoms with Crippen LogP contribution < -0.4 is 16.2 Å². The number of hydrogen-bond acceptors (Lipinski definition) is 5. The second-order valence-corrected chi connectivity index (χ2v) is 11.4. The fourth-order valence-corrected chi connectivity index (χ4v) is 7.20. The van der Waals surface area contributed by atoms with E-state index in [0.29, 0.717) is 36.0 Å². The van der Waals surface area contributed by atoms with Gasteiger partial charge in [0.05, 0.1) is 5.41 Å². The van der Waals surface area contributed by atoms with Gasteiger partial charge in [-0.2, -0.15) is 0 Å². The molecule has 2 amide bonds. The molecule has 38 heavy (non-hydrogen) atoms. The normalized spacial score (nSPS) is 25.5. The van der Waals surface area contributed by atoms with Gasteiger partial charge >= 0.3 is 0 Å². The van der Waals surface area contributed by atoms with Crippen LogP contribution in [0.4, 0.5) is 17.3 Å². The van der Waals surface area contributed by atoms with Crippen LogP contribution in [0.25, 0.3) is 0 Å². The van der Waals surface area contributed by atoms with Crippen molar-refractivity contribution in [3.63, 3.8) is 0 Å². The Labute approximate surface area is 220 Å². The molecule has 3 atom stereocenters. The second-order valence-electron chi connectivity index (χ2n) is 11.4. The van der Waals surface area contributed by atoms with Gasteiger partial charge in [0.15, 0.2) is 0 Å². The van der Waals surface area contributed by atoms with Crippen molar-refractivity contribution in [1.29, 1.82) is 0 Å². The largest absolute Gasteiger partial charge is 0.342 e. The molecule has 194 valence electrons. The number of aromatic amines is 1. The van der Waals surface area contributed by atoms with E-state index in [0.717, 1.165) is 47.8 Å². The standard InChI is InChI=1S/C30H31N5O3/c36-26-14-21(28(37)35-11-9-18-4-1-2-5-20(18)17-35)13-25(33-26)32-23-8-7-19-15-30(16-22(19)12-23)24-6-3-10-31-27(24)34-29(30)38/h3,6-8,10,12-14,18,20H,1-2,4-5,9,11,15-17H2,(H,31,34,38)(H2,32,33,36). The highest BCUT2D eigenvalue weighted by Crippen LogP contribution is 2.47. The van der Waals surface area contributed by atoms with Crippen molar-refractivity contribution < 1.29 is 9.59 Å². The Kier molecular flexibility index (Phi) is 5.39. The number of amides is 2. The lowest BCUT2D eigenvalue weighted by Gasteiger charge is -2.41. The fraction of sp³-hybridized carbons (Fsp3) is 0.400. The van der Waals surface area contributed by atoms with Crippen LogP contribution in [-0.2, 0) is 23.1 Å². The van der Waals surface area contributed by atoms with Crippen molar-refractivity contribution in [2.24, 2.45) is 11.8 Å². The lowest BCUT2D eigenvalue weighted by molar-refractivity contribution is -0.120. The van der Waals surface area contributed by atoms with Gasteiger partial charge in [-0.15, -0.1) is 0 Å². The van der Waals surface area contributed by atoms with E-state index >= 15 is 0 Å². The number of aromatic nitrogens is 2. The molecule has 3 aromatic rings. The number of nitrogens with zero attached hydrogens (tertiary/aromatic N) is 2. The molecule has 7 rings (SSSR count). The number of anilines is 3. The van der Waals surface area contributed by atoms with E-state index in [1.54, 1.807) is 12.3 Å². The zero-order chi connectivity index (χ0) is 25.9. The number of pyridine rings is 2. The van der Waals surface area contributed by atoms with Crippen molar-refractivity contribution in [1.82, 2.24) is 14.9 Å². The van der Waals surface area contributed by atoms with E-state index < -0.39 is 5.41 Å². The van der Waals surface area contributed by atoms with Crippen molar-refractivity contribution in [2.45, 2.75) is 50.4 Å². The number of likely N-dealkylation sites (tertiary alicyclic amines) is 1. The highest BCUT2D eigenvalue weighted by Gasteiger charge is 2.51. The van der Waals surface area contributed by atoms with Crippen LogP contribution in [0, 0.1) is 11.8 Å². The minimum Gasteiger partial charge on any atom is -0.342 e. The Hall–Kier alpha value is -3.94. The van der Waals surface area contributed by atoms with E-state index in [4.69, 9.17) is 0 Å². The van der Waals surface area contributed by atoms with E-state index in [-0.39, 0.29) is 17.4 Å². The Balaban J connectivity index is 1.11. The molecule has 0 radical (unpaired) electrons. The number of hydrogen-bond donors (Lipinski definition) is 3. The summed E-state index contributed by atoms with van der Waals surface area (Å²) in [6.45, 7) is 1.55. The van der Waals surface area contributed by atoms with Crippen LogP contribution in [0.1, 0.15) is 59.2 Å². The zero-order valence-electron chi connectivity index (χ0n) is 21.3. The topological polar surface area (TPSA) is 107 Å². The highest BCUT2D eigenvalue weighted by molar-refractivity contribution is 6.06. The molecule has 3 N–H and O–H groups in total. The highest BCUT2D eigenvalue weighted by atomic mass is 16.2. The van der Waals surface area contributed by atoms with Crippen molar-refractivity contribution in [3.05, 3.63) is 81.3 Å². The van der Waals surface area contributed by atoms with Crippen LogP contribution >= 0.6 is 0 Å². The van der Waals surface area contributed by atoms with Gasteiger partial charge in [-0.3, -0.25) is 14.4 Å². The molecule has 2 aliphatic carbocycles. The molecule has 2 fully saturated rings. The van der Waals surface area contributed by atoms with Gasteiger partial charge in [0, 0.05) is 42.2 Å². The molecule has 8 heteroatoms. The maximum Gasteiger partial charge on any atom is 0.254 e. The van der Waals surface area contributed by atoms with Crippen LogP contribution in [0.2, 0.25) is 0 Å². The molecule has 2 aromatic heterocycles. The molecule has 0 bridgehead atoms. The summed E-state index contributed by atoms with van der Waals surface area (Å²) in [5, 5.41) is 6.23. The van der Waals surface area contributed by atoms with E-state index in [1.165, 1.54) is 31.7 Å². The summed E-state index contributed by atoms with van der Waals surface area (Å²) >= 11 is 0. The average molecular weight is 510 g/mol. The predicted octanol–water partition coefficient (Wildman–Crippen LogP) is 4.15. The number of benzene rings is 1. The maximum absolute atomic E-state index is 13.4. The smallest absolute Gasteiger partial charge is 0.254 e. The summed E-state index contributed by atoms with van der Waals surface area (Å²) in [5.41, 5.74) is 3.45. The molecule has 1 spiro atoms. The van der Waals surface area contributed by atoms with Gasteiger partial charge in [0.25, 0.3) is 5.91 Å². The SMILES string of the molecule is O=C(c1cc(Nc2ccc3c(c2)CC2(C3)C(=O)Nc3ncccc32)[nH]c(=O)c1)N1CCC2CCCCC2C1. The minimum absolute atomic E-state index is 0.00953. The van der Waals surface area contributed by atoms with E-state index in [2.05, 4.69) is 20.6 Å². The molecular weight excluding hydrogens is 478 g/mol. The molecule has 3 unspecified atom stereocenters. The summed E-state index contributed by atoms with van der Waals surface area (Å²) in [5.74, 6) is 2.37. The molecule has 1 aromatic carbocycles. The molecule has 1 saturated carbocycles. The third kappa shape index (κ3) is 3.81. The van der Waals surface area contributed by atoms with Gasteiger partial charge in [-0.05, 0) is 72.9 Å². The molecular formula is C30H31N5O3. The third-order valence-electron chi connectivity index (χ3n) is 9.13. The third-order valence-corrected chi connectivity index (χ3v) is 9.13. The number of H-pyrrole nitrogens is 1. The first-order chi connectivity index (χ1) is 18.5. The predicted molar refractivity (Wildman–Crippen MR) is 145 cm³/mol. The second kappa shape index (κ2) is 8.82. The summed E-state index contributed by atoms with van der Waals surface area (Å²) in [6.07, 6.45) is 9.00. The van der Waals surface area contributed by atoms with Gasteiger partial charge in [0.1, 0.15) is 11.6 Å². The van der Waals surface area contributed by atoms with Gasteiger partial charge in [-0.1, -0.05) is 31.4 Å². The van der Waals surface area contributed by atoms with Gasteiger partial charge in [-0.25, -0.2) is 4.98 Å². The lowest BCUT2D eigenvalue weighted by atomic mass is 9.75. The summed E-state index contributed by atoms with van der Waals surface area (Å²) in [4.78, 5) is 48.0. The fourth-order valence-electron chi connectivity index (χ4n) is 7.20. The van der Waals surface area contributed by atoms with Gasteiger partial charge in [0.2, 0.25) is 11.5 Å². The number of rotatable bonds is 3. The molecule has 4 heterocycles. The van der Waals surface area contributed by atoms with Crippen LogP contribution in [-0.4, -0.2) is 39.8 Å². The summed E-state index contributed by atoms with van der Waals surface area (Å²) < 4.78 is 0. The van der Waals surface area contributed by atoms with Crippen molar-refractivity contribution in [3.8, 4) is 0 Å². The van der Waals surface area contributed by atoms with Gasteiger partial charge < -0.3 is 20.5 Å². The first-order valence-electron chi connectivity index (χ1n) is 13.7. The lowest BCUT2D eigenvalue weighted by Crippen LogP contribution is -2.45. The molecule has 8 nitrogen and oxygen atoms in total. The first kappa shape index (κ1) is 23.2. The van der Waals surface area contributed by atoms with Crippen molar-refractivity contribution >= 4 is 29.1 Å². The molecule has 2 aliphatic heterocycles. The van der Waals surface area contributed by atoms with E-state index in [9.17, 15) is 14.4 Å². The molecule has 1 saturated heterocycles. The van der Waals surface area contributed by atoms with Crippen LogP contribution in [0.15, 0.2) is 53.5 Å². The number of fused-ring (bicyclic) bond motifs is 4. The minimum atomic E-state index is -0.628. The monoisotopic (exact) mass is 509 g/mol. The Morgan fingerprint density at radius 3 is 2.74 bits per heavy atom. The van der Waals surface area contributed by atoms with Crippen LogP contribution in [0.3, 0.4) is 0 Å². The Morgan fingerprint density at radius 2 is 1.84 bits per heavy atom. The van der Waals surface area contributed by atoms with Crippen LogP contribution in [0.5, 0.6) is 0 Å². The summed E-state index contributed by atoms with van der Waals surface area (Å²) in [6, 6.07) is 13.0. The van der Waals surface area contributed by atoms with E-state index in [1.807, 2.05) is 35.2 Å². The Morgan fingerprint density at radius 1 is 1.00 bits per heavy atom.